The summed E-state index contributed by atoms with van der Waals surface area (Å²) >= 11 is 4.75. The van der Waals surface area contributed by atoms with Crippen molar-refractivity contribution in [2.45, 2.75) is 13.0 Å². The van der Waals surface area contributed by atoms with E-state index in [1.807, 2.05) is 18.2 Å². The van der Waals surface area contributed by atoms with E-state index in [4.69, 9.17) is 14.2 Å². The summed E-state index contributed by atoms with van der Waals surface area (Å²) < 4.78 is 17.3. The van der Waals surface area contributed by atoms with Crippen molar-refractivity contribution < 1.29 is 19.0 Å². The number of esters is 1. The van der Waals surface area contributed by atoms with Gasteiger partial charge in [-0.2, -0.15) is 0 Å². The molecule has 116 valence electrons. The zero-order valence-corrected chi connectivity index (χ0v) is 14.5. The van der Waals surface area contributed by atoms with E-state index < -0.39 is 5.97 Å². The second-order valence-electron chi connectivity index (χ2n) is 4.63. The molecule has 0 saturated heterocycles. The van der Waals surface area contributed by atoms with Crippen molar-refractivity contribution in [1.29, 1.82) is 0 Å². The first-order chi connectivity index (χ1) is 10.6. The highest BCUT2D eigenvalue weighted by atomic mass is 79.9. The van der Waals surface area contributed by atoms with Gasteiger partial charge in [0, 0.05) is 17.1 Å². The molecule has 1 aliphatic rings. The van der Waals surface area contributed by atoms with Crippen molar-refractivity contribution in [3.63, 3.8) is 0 Å². The first-order valence-electron chi connectivity index (χ1n) is 6.77. The molecular formula is C15H14BrNO4S. The lowest BCUT2D eigenvalue weighted by Gasteiger charge is -2.11. The van der Waals surface area contributed by atoms with Gasteiger partial charge >= 0.3 is 5.97 Å². The number of benzene rings is 1. The van der Waals surface area contributed by atoms with Crippen LogP contribution >= 0.6 is 27.3 Å². The largest absolute Gasteiger partial charge is 0.490 e. The number of ether oxygens (including phenoxy) is 3. The molecule has 2 aromatic rings. The Bertz CT molecular complexity index is 716. The van der Waals surface area contributed by atoms with E-state index in [0.717, 1.165) is 20.7 Å². The van der Waals surface area contributed by atoms with Crippen LogP contribution in [0.2, 0.25) is 0 Å². The summed E-state index contributed by atoms with van der Waals surface area (Å²) in [5.41, 5.74) is 1.56. The molecule has 0 spiro atoms. The van der Waals surface area contributed by atoms with E-state index >= 15 is 0 Å². The number of methoxy groups -OCH3 is 1. The predicted octanol–water partition coefficient (Wildman–Crippen LogP) is 3.83. The average Bonchev–Trinajstić information content (AvgIpc) is 2.89. The van der Waals surface area contributed by atoms with E-state index in [0.29, 0.717) is 23.9 Å². The maximum Gasteiger partial charge on any atom is 0.367 e. The quantitative estimate of drug-likeness (QED) is 0.753. The van der Waals surface area contributed by atoms with Crippen LogP contribution in [0, 0.1) is 0 Å². The molecule has 22 heavy (non-hydrogen) atoms. The number of fused-ring (bicyclic) bond motifs is 3. The van der Waals surface area contributed by atoms with Crippen LogP contribution in [-0.2, 0) is 9.47 Å². The second-order valence-corrected chi connectivity index (χ2v) is 6.57. The number of hydrogen-bond acceptors (Lipinski definition) is 6. The number of carbonyl (C=O) groups is 1. The predicted molar refractivity (Wildman–Crippen MR) is 86.5 cm³/mol. The lowest BCUT2D eigenvalue weighted by molar-refractivity contribution is 0.0526. The van der Waals surface area contributed by atoms with Crippen LogP contribution in [-0.4, -0.2) is 31.3 Å². The fourth-order valence-electron chi connectivity index (χ4n) is 2.25. The lowest BCUT2D eigenvalue weighted by Crippen LogP contribution is -2.09. The number of nitrogens with zero attached hydrogens (tertiary/aromatic N) is 1. The maximum atomic E-state index is 12.0. The van der Waals surface area contributed by atoms with Crippen LogP contribution in [0.15, 0.2) is 22.7 Å². The maximum absolute atomic E-state index is 12.0. The summed E-state index contributed by atoms with van der Waals surface area (Å²) in [6.07, 6.45) is -0.262. The van der Waals surface area contributed by atoms with Gasteiger partial charge in [0.2, 0.25) is 5.01 Å². The molecule has 5 nitrogen and oxygen atoms in total. The van der Waals surface area contributed by atoms with E-state index in [9.17, 15) is 4.79 Å². The van der Waals surface area contributed by atoms with Crippen LogP contribution in [0.4, 0.5) is 0 Å². The Labute approximate surface area is 140 Å². The number of thiazole rings is 1. The molecule has 2 heterocycles. The van der Waals surface area contributed by atoms with Crippen molar-refractivity contribution in [2.75, 3.05) is 20.3 Å². The Morgan fingerprint density at radius 3 is 3.09 bits per heavy atom. The van der Waals surface area contributed by atoms with E-state index in [1.165, 1.54) is 11.3 Å². The standard InChI is InChI=1S/C15H14BrNO4S/c1-3-20-15(18)14-17-12-9-6-8(16)4-5-10(9)21-7-11(19-2)13(12)22-14/h4-6,11H,3,7H2,1-2H3. The van der Waals surface area contributed by atoms with Crippen LogP contribution in [0.5, 0.6) is 5.75 Å². The molecule has 3 rings (SSSR count). The molecule has 0 aliphatic carbocycles. The summed E-state index contributed by atoms with van der Waals surface area (Å²) in [7, 11) is 1.62. The third-order valence-electron chi connectivity index (χ3n) is 3.27. The third kappa shape index (κ3) is 2.76. The molecule has 0 N–H and O–H groups in total. The van der Waals surface area contributed by atoms with Gasteiger partial charge < -0.3 is 14.2 Å². The highest BCUT2D eigenvalue weighted by Gasteiger charge is 2.29. The van der Waals surface area contributed by atoms with E-state index in [-0.39, 0.29) is 6.10 Å². The first-order valence-corrected chi connectivity index (χ1v) is 8.38. The molecule has 1 aromatic carbocycles. The number of carbonyl (C=O) groups excluding carboxylic acids is 1. The van der Waals surface area contributed by atoms with Crippen molar-refractivity contribution in [3.05, 3.63) is 32.6 Å². The second kappa shape index (κ2) is 6.36. The minimum Gasteiger partial charge on any atom is -0.490 e. The average molecular weight is 384 g/mol. The fourth-order valence-corrected chi connectivity index (χ4v) is 3.65. The van der Waals surface area contributed by atoms with E-state index in [2.05, 4.69) is 20.9 Å². The number of hydrogen-bond donors (Lipinski definition) is 0. The van der Waals surface area contributed by atoms with E-state index in [1.54, 1.807) is 14.0 Å². The highest BCUT2D eigenvalue weighted by molar-refractivity contribution is 9.10. The fraction of sp³-hybridized carbons (Fsp3) is 0.333. The normalized spacial score (nSPS) is 16.2. The Morgan fingerprint density at radius 1 is 1.55 bits per heavy atom. The summed E-state index contributed by atoms with van der Waals surface area (Å²) in [6, 6.07) is 5.72. The van der Waals surface area contributed by atoms with Crippen LogP contribution in [0.1, 0.15) is 27.7 Å². The van der Waals surface area contributed by atoms with Gasteiger partial charge in [0.15, 0.2) is 0 Å². The first kappa shape index (κ1) is 15.5. The minimum atomic E-state index is -0.409. The van der Waals surface area contributed by atoms with Gasteiger partial charge in [0.25, 0.3) is 0 Å². The van der Waals surface area contributed by atoms with Gasteiger partial charge in [-0.3, -0.25) is 0 Å². The van der Waals surface area contributed by atoms with Crippen molar-refractivity contribution in [2.24, 2.45) is 0 Å². The summed E-state index contributed by atoms with van der Waals surface area (Å²) in [5.74, 6) is 0.317. The van der Waals surface area contributed by atoms with Gasteiger partial charge in [0.05, 0.1) is 17.2 Å². The van der Waals surface area contributed by atoms with Crippen molar-refractivity contribution >= 4 is 33.2 Å². The van der Waals surface area contributed by atoms with Gasteiger partial charge in [-0.05, 0) is 25.1 Å². The summed E-state index contributed by atoms with van der Waals surface area (Å²) in [5, 5.41) is 0.335. The topological polar surface area (TPSA) is 57.7 Å². The molecule has 1 aliphatic heterocycles. The molecule has 1 aromatic heterocycles. The molecule has 0 amide bonds. The molecule has 0 saturated carbocycles. The highest BCUT2D eigenvalue weighted by Crippen LogP contribution is 2.43. The Morgan fingerprint density at radius 2 is 2.36 bits per heavy atom. The summed E-state index contributed by atoms with van der Waals surface area (Å²) in [4.78, 5) is 17.3. The molecule has 0 fully saturated rings. The number of halogens is 1. The van der Waals surface area contributed by atoms with Crippen molar-refractivity contribution in [3.8, 4) is 17.0 Å². The number of aromatic nitrogens is 1. The SMILES string of the molecule is CCOC(=O)c1nc2c(s1)C(OC)COc1ccc(Br)cc1-2. The zero-order chi connectivity index (χ0) is 15.7. The molecule has 1 unspecified atom stereocenters. The summed E-state index contributed by atoms with van der Waals surface area (Å²) in [6.45, 7) is 2.47. The van der Waals surface area contributed by atoms with Crippen LogP contribution < -0.4 is 4.74 Å². The molecule has 1 atom stereocenters. The molecular weight excluding hydrogens is 370 g/mol. The zero-order valence-electron chi connectivity index (χ0n) is 12.1. The van der Waals surface area contributed by atoms with Gasteiger partial charge in [-0.1, -0.05) is 15.9 Å². The Kier molecular flexibility index (Phi) is 4.46. The molecule has 0 radical (unpaired) electrons. The van der Waals surface area contributed by atoms with Crippen LogP contribution in [0.3, 0.4) is 0 Å². The van der Waals surface area contributed by atoms with Gasteiger partial charge in [-0.25, -0.2) is 9.78 Å². The lowest BCUT2D eigenvalue weighted by atomic mass is 10.1. The monoisotopic (exact) mass is 383 g/mol. The van der Waals surface area contributed by atoms with Crippen LogP contribution in [0.25, 0.3) is 11.3 Å². The minimum absolute atomic E-state index is 0.262. The number of rotatable bonds is 3. The smallest absolute Gasteiger partial charge is 0.367 e. The van der Waals surface area contributed by atoms with Gasteiger partial charge in [-0.15, -0.1) is 11.3 Å². The van der Waals surface area contributed by atoms with Gasteiger partial charge in [0.1, 0.15) is 18.5 Å². The Balaban J connectivity index is 2.14. The third-order valence-corrected chi connectivity index (χ3v) is 4.89. The molecule has 0 bridgehead atoms. The van der Waals surface area contributed by atoms with Crippen molar-refractivity contribution in [1.82, 2.24) is 4.98 Å². The Hall–Kier alpha value is -1.44. The molecule has 7 heteroatoms.